The summed E-state index contributed by atoms with van der Waals surface area (Å²) in [4.78, 5) is 11.8. The molecular weight excluding hydrogens is 332 g/mol. The summed E-state index contributed by atoms with van der Waals surface area (Å²) in [5, 5.41) is 2.74. The van der Waals surface area contributed by atoms with Crippen molar-refractivity contribution in [3.63, 3.8) is 0 Å². The Morgan fingerprint density at radius 2 is 2.05 bits per heavy atom. The number of hydrogen-bond acceptors (Lipinski definition) is 3. The van der Waals surface area contributed by atoms with Gasteiger partial charge in [0.2, 0.25) is 5.91 Å². The summed E-state index contributed by atoms with van der Waals surface area (Å²) in [6.07, 6.45) is 0. The first-order chi connectivity index (χ1) is 10.1. The quantitative estimate of drug-likeness (QED) is 0.812. The van der Waals surface area contributed by atoms with Crippen LogP contribution in [-0.4, -0.2) is 12.5 Å². The second-order valence-electron chi connectivity index (χ2n) is 4.72. The predicted octanol–water partition coefficient (Wildman–Crippen LogP) is 3.50. The highest BCUT2D eigenvalue weighted by molar-refractivity contribution is 9.10. The summed E-state index contributed by atoms with van der Waals surface area (Å²) < 4.78 is 6.38. The van der Waals surface area contributed by atoms with Gasteiger partial charge in [-0.3, -0.25) is 4.79 Å². The lowest BCUT2D eigenvalue weighted by molar-refractivity contribution is -0.121. The molecule has 21 heavy (non-hydrogen) atoms. The minimum absolute atomic E-state index is 0.0192. The van der Waals surface area contributed by atoms with Gasteiger partial charge in [-0.15, -0.1) is 0 Å². The lowest BCUT2D eigenvalue weighted by atomic mass is 10.2. The molecular formula is C16H17BrN2O2. The highest BCUT2D eigenvalue weighted by atomic mass is 79.9. The van der Waals surface area contributed by atoms with E-state index in [1.807, 2.05) is 43.3 Å². The predicted molar refractivity (Wildman–Crippen MR) is 88.0 cm³/mol. The molecule has 110 valence electrons. The van der Waals surface area contributed by atoms with Crippen LogP contribution >= 0.6 is 15.9 Å². The molecule has 0 aliphatic carbocycles. The van der Waals surface area contributed by atoms with Crippen molar-refractivity contribution in [1.29, 1.82) is 0 Å². The molecule has 0 saturated carbocycles. The number of ether oxygens (including phenoxy) is 1. The van der Waals surface area contributed by atoms with Crippen molar-refractivity contribution < 1.29 is 9.53 Å². The van der Waals surface area contributed by atoms with Gasteiger partial charge in [0.05, 0.1) is 18.0 Å². The van der Waals surface area contributed by atoms with Crippen LogP contribution in [0.3, 0.4) is 0 Å². The number of aryl methyl sites for hydroxylation is 1. The van der Waals surface area contributed by atoms with Crippen molar-refractivity contribution >= 4 is 33.2 Å². The van der Waals surface area contributed by atoms with Gasteiger partial charge in [0.15, 0.2) is 0 Å². The molecule has 0 heterocycles. The number of carbonyl (C=O) groups excluding carboxylic acids is 1. The molecule has 3 N–H and O–H groups in total. The zero-order valence-corrected chi connectivity index (χ0v) is 13.3. The number of rotatable bonds is 5. The Labute approximate surface area is 132 Å². The molecule has 0 spiro atoms. The third-order valence-electron chi connectivity index (χ3n) is 2.93. The summed E-state index contributed by atoms with van der Waals surface area (Å²) in [7, 11) is 0. The minimum atomic E-state index is -0.224. The molecule has 5 heteroatoms. The van der Waals surface area contributed by atoms with E-state index in [-0.39, 0.29) is 12.5 Å². The number of carbonyl (C=O) groups is 1. The molecule has 0 fully saturated rings. The van der Waals surface area contributed by atoms with Gasteiger partial charge in [-0.05, 0) is 36.2 Å². The van der Waals surface area contributed by atoms with Crippen molar-refractivity contribution in [3.8, 4) is 0 Å². The van der Waals surface area contributed by atoms with Crippen molar-refractivity contribution in [3.05, 3.63) is 58.1 Å². The fourth-order valence-electron chi connectivity index (χ4n) is 1.85. The normalized spacial score (nSPS) is 10.4. The second-order valence-corrected chi connectivity index (χ2v) is 5.58. The van der Waals surface area contributed by atoms with E-state index in [1.165, 1.54) is 0 Å². The van der Waals surface area contributed by atoms with E-state index < -0.39 is 0 Å². The van der Waals surface area contributed by atoms with Crippen LogP contribution in [0, 0.1) is 6.92 Å². The zero-order chi connectivity index (χ0) is 15.2. The van der Waals surface area contributed by atoms with Gasteiger partial charge in [0.25, 0.3) is 0 Å². The van der Waals surface area contributed by atoms with Gasteiger partial charge < -0.3 is 15.8 Å². The number of amides is 1. The summed E-state index contributed by atoms with van der Waals surface area (Å²) >= 11 is 3.44. The lowest BCUT2D eigenvalue weighted by Crippen LogP contribution is -2.19. The van der Waals surface area contributed by atoms with E-state index in [0.717, 1.165) is 15.6 Å². The lowest BCUT2D eigenvalue weighted by Gasteiger charge is -2.10. The van der Waals surface area contributed by atoms with Crippen molar-refractivity contribution in [1.82, 2.24) is 0 Å². The minimum Gasteiger partial charge on any atom is -0.397 e. The van der Waals surface area contributed by atoms with Crippen LogP contribution in [-0.2, 0) is 16.1 Å². The molecule has 2 aromatic rings. The number of nitrogens with one attached hydrogen (secondary N) is 1. The molecule has 4 nitrogen and oxygen atoms in total. The van der Waals surface area contributed by atoms with E-state index in [4.69, 9.17) is 10.5 Å². The summed E-state index contributed by atoms with van der Waals surface area (Å²) in [6.45, 7) is 2.30. The second kappa shape index (κ2) is 7.24. The topological polar surface area (TPSA) is 64.3 Å². The Hall–Kier alpha value is -1.85. The third kappa shape index (κ3) is 4.58. The monoisotopic (exact) mass is 348 g/mol. The molecule has 0 aromatic heterocycles. The fraction of sp³-hybridized carbons (Fsp3) is 0.188. The maximum absolute atomic E-state index is 11.8. The summed E-state index contributed by atoms with van der Waals surface area (Å²) in [5.41, 5.74) is 9.06. The van der Waals surface area contributed by atoms with Gasteiger partial charge in [0.1, 0.15) is 6.61 Å². The van der Waals surface area contributed by atoms with E-state index in [9.17, 15) is 4.79 Å². The molecule has 0 atom stereocenters. The number of benzene rings is 2. The largest absolute Gasteiger partial charge is 0.397 e. The summed E-state index contributed by atoms with van der Waals surface area (Å²) in [6, 6.07) is 13.2. The molecule has 1 amide bonds. The van der Waals surface area contributed by atoms with Crippen LogP contribution < -0.4 is 11.1 Å². The molecule has 0 saturated heterocycles. The Kier molecular flexibility index (Phi) is 5.36. The van der Waals surface area contributed by atoms with Crippen LogP contribution in [0.15, 0.2) is 46.9 Å². The first-order valence-corrected chi connectivity index (χ1v) is 7.32. The van der Waals surface area contributed by atoms with Crippen LogP contribution in [0.25, 0.3) is 0 Å². The zero-order valence-electron chi connectivity index (χ0n) is 11.7. The number of nitrogen functional groups attached to an aromatic ring is 1. The molecule has 0 radical (unpaired) electrons. The molecule has 2 rings (SSSR count). The van der Waals surface area contributed by atoms with Crippen LogP contribution in [0.5, 0.6) is 0 Å². The molecule has 2 aromatic carbocycles. The first-order valence-electron chi connectivity index (χ1n) is 6.53. The van der Waals surface area contributed by atoms with Gasteiger partial charge >= 0.3 is 0 Å². The van der Waals surface area contributed by atoms with Crippen molar-refractivity contribution in [2.24, 2.45) is 0 Å². The number of halogens is 1. The van der Waals surface area contributed by atoms with E-state index in [1.54, 1.807) is 6.07 Å². The molecule has 0 aliphatic rings. The average molecular weight is 349 g/mol. The number of hydrogen-bond donors (Lipinski definition) is 2. The molecule has 0 unspecified atom stereocenters. The van der Waals surface area contributed by atoms with Gasteiger partial charge in [0, 0.05) is 4.47 Å². The average Bonchev–Trinajstić information content (AvgIpc) is 2.44. The Morgan fingerprint density at radius 3 is 2.76 bits per heavy atom. The SMILES string of the molecule is Cc1ccc(NC(=O)COCc2ccccc2Br)c(N)c1. The maximum Gasteiger partial charge on any atom is 0.250 e. The Balaban J connectivity index is 1.84. The Bertz CT molecular complexity index is 644. The van der Waals surface area contributed by atoms with Gasteiger partial charge in [-0.2, -0.15) is 0 Å². The maximum atomic E-state index is 11.8. The van der Waals surface area contributed by atoms with E-state index in [2.05, 4.69) is 21.2 Å². The molecule has 0 bridgehead atoms. The van der Waals surface area contributed by atoms with Crippen LogP contribution in [0.2, 0.25) is 0 Å². The van der Waals surface area contributed by atoms with Gasteiger partial charge in [-0.1, -0.05) is 40.2 Å². The smallest absolute Gasteiger partial charge is 0.250 e. The van der Waals surface area contributed by atoms with Gasteiger partial charge in [-0.25, -0.2) is 0 Å². The van der Waals surface area contributed by atoms with Crippen molar-refractivity contribution in [2.45, 2.75) is 13.5 Å². The van der Waals surface area contributed by atoms with Crippen molar-refractivity contribution in [2.75, 3.05) is 17.7 Å². The van der Waals surface area contributed by atoms with Crippen LogP contribution in [0.4, 0.5) is 11.4 Å². The third-order valence-corrected chi connectivity index (χ3v) is 3.70. The highest BCUT2D eigenvalue weighted by Gasteiger charge is 2.06. The van der Waals surface area contributed by atoms with E-state index >= 15 is 0 Å². The summed E-state index contributed by atoms with van der Waals surface area (Å²) in [5.74, 6) is -0.224. The Morgan fingerprint density at radius 1 is 1.29 bits per heavy atom. The first kappa shape index (κ1) is 15.5. The highest BCUT2D eigenvalue weighted by Crippen LogP contribution is 2.19. The van der Waals surface area contributed by atoms with E-state index in [0.29, 0.717) is 18.0 Å². The fourth-order valence-corrected chi connectivity index (χ4v) is 2.25. The standard InChI is InChI=1S/C16H17BrN2O2/c1-11-6-7-15(14(18)8-11)19-16(20)10-21-9-12-4-2-3-5-13(12)17/h2-8H,9-10,18H2,1H3,(H,19,20). The number of nitrogens with two attached hydrogens (primary N) is 1. The van der Waals surface area contributed by atoms with Crippen LogP contribution in [0.1, 0.15) is 11.1 Å². The molecule has 0 aliphatic heterocycles. The number of anilines is 2.